The number of rotatable bonds is 6. The highest BCUT2D eigenvalue weighted by molar-refractivity contribution is 7.13. The van der Waals surface area contributed by atoms with Gasteiger partial charge < -0.3 is 10.1 Å². The normalized spacial score (nSPS) is 20.9. The second-order valence-corrected chi connectivity index (χ2v) is 6.05. The predicted molar refractivity (Wildman–Crippen MR) is 78.0 cm³/mol. The zero-order valence-electron chi connectivity index (χ0n) is 12.3. The van der Waals surface area contributed by atoms with E-state index in [0.29, 0.717) is 5.13 Å². The number of allylic oxidation sites excluding steroid dienone is 2. The molecular weight excluding hydrogens is 352 g/mol. The summed E-state index contributed by atoms with van der Waals surface area (Å²) < 4.78 is 54.2. The molecule has 0 saturated carbocycles. The van der Waals surface area contributed by atoms with E-state index in [-0.39, 0.29) is 12.8 Å². The molecule has 5 nitrogen and oxygen atoms in total. The summed E-state index contributed by atoms with van der Waals surface area (Å²) >= 11 is 1.18. The summed E-state index contributed by atoms with van der Waals surface area (Å²) in [7, 11) is 0. The summed E-state index contributed by atoms with van der Waals surface area (Å²) in [5, 5.41) is 4.51. The average molecular weight is 366 g/mol. The van der Waals surface area contributed by atoms with Crippen molar-refractivity contribution in [3.8, 4) is 0 Å². The van der Waals surface area contributed by atoms with Gasteiger partial charge in [-0.1, -0.05) is 12.2 Å². The monoisotopic (exact) mass is 366 g/mol. The maximum atomic E-state index is 12.9. The van der Waals surface area contributed by atoms with Gasteiger partial charge in [-0.3, -0.25) is 9.59 Å². The van der Waals surface area contributed by atoms with Gasteiger partial charge in [-0.25, -0.2) is 13.8 Å². The number of carbonyl (C=O) groups excluding carboxylic acids is 2. The van der Waals surface area contributed by atoms with Crippen LogP contribution in [0, 0.1) is 11.8 Å². The first-order chi connectivity index (χ1) is 11.3. The van der Waals surface area contributed by atoms with Gasteiger partial charge >= 0.3 is 18.3 Å². The third-order valence-electron chi connectivity index (χ3n) is 3.46. The van der Waals surface area contributed by atoms with Crippen molar-refractivity contribution >= 4 is 28.3 Å². The number of amides is 1. The van der Waals surface area contributed by atoms with Crippen LogP contribution in [0.15, 0.2) is 23.7 Å². The average Bonchev–Trinajstić information content (AvgIpc) is 3.05. The molecule has 1 amide bonds. The predicted octanol–water partition coefficient (Wildman–Crippen LogP) is 3.11. The van der Waals surface area contributed by atoms with Crippen molar-refractivity contribution < 1.29 is 31.9 Å². The molecule has 0 spiro atoms. The summed E-state index contributed by atoms with van der Waals surface area (Å²) in [6, 6.07) is 0. The number of esters is 1. The largest absolute Gasteiger partial charge is 0.459 e. The van der Waals surface area contributed by atoms with Crippen molar-refractivity contribution in [3.63, 3.8) is 0 Å². The van der Waals surface area contributed by atoms with Crippen LogP contribution in [0.3, 0.4) is 0 Å². The molecule has 1 heterocycles. The zero-order valence-corrected chi connectivity index (χ0v) is 13.1. The van der Waals surface area contributed by atoms with Crippen molar-refractivity contribution in [2.24, 2.45) is 11.8 Å². The standard InChI is InChI=1S/C14H14F4N2O3S/c15-12(16)14(17,18)7-23-11(22)9-4-2-1-3-8(9)10(21)20-13-19-5-6-24-13/h1-2,5-6,8-9,12H,3-4,7H2,(H,19,20,21)/t8-,9-/m0/s1. The Labute approximate surface area is 138 Å². The van der Waals surface area contributed by atoms with Crippen LogP contribution in [-0.4, -0.2) is 35.8 Å². The molecule has 2 rings (SSSR count). The van der Waals surface area contributed by atoms with Crippen LogP contribution < -0.4 is 5.32 Å². The Morgan fingerprint density at radius 1 is 1.33 bits per heavy atom. The maximum Gasteiger partial charge on any atom is 0.340 e. The minimum Gasteiger partial charge on any atom is -0.459 e. The molecular formula is C14H14F4N2O3S. The van der Waals surface area contributed by atoms with Gasteiger partial charge in [0.15, 0.2) is 11.7 Å². The quantitative estimate of drug-likeness (QED) is 0.477. The molecule has 1 aliphatic carbocycles. The number of carbonyl (C=O) groups is 2. The van der Waals surface area contributed by atoms with Crippen molar-refractivity contribution in [3.05, 3.63) is 23.7 Å². The van der Waals surface area contributed by atoms with Gasteiger partial charge in [-0.15, -0.1) is 11.3 Å². The lowest BCUT2D eigenvalue weighted by Gasteiger charge is -2.26. The van der Waals surface area contributed by atoms with E-state index in [0.717, 1.165) is 0 Å². The number of nitrogens with one attached hydrogen (secondary N) is 1. The van der Waals surface area contributed by atoms with Crippen molar-refractivity contribution in [2.75, 3.05) is 11.9 Å². The fourth-order valence-electron chi connectivity index (χ4n) is 2.19. The number of hydrogen-bond donors (Lipinski definition) is 1. The molecule has 24 heavy (non-hydrogen) atoms. The molecule has 0 unspecified atom stereocenters. The van der Waals surface area contributed by atoms with E-state index in [1.54, 1.807) is 17.5 Å². The van der Waals surface area contributed by atoms with Crippen LogP contribution in [0.5, 0.6) is 0 Å². The van der Waals surface area contributed by atoms with Crippen LogP contribution in [-0.2, 0) is 14.3 Å². The fraction of sp³-hybridized carbons (Fsp3) is 0.500. The number of ether oxygens (including phenoxy) is 1. The van der Waals surface area contributed by atoms with E-state index in [2.05, 4.69) is 15.0 Å². The van der Waals surface area contributed by atoms with E-state index in [1.807, 2.05) is 0 Å². The maximum absolute atomic E-state index is 12.9. The van der Waals surface area contributed by atoms with E-state index in [4.69, 9.17) is 0 Å². The van der Waals surface area contributed by atoms with Gasteiger partial charge in [0.1, 0.15) is 0 Å². The van der Waals surface area contributed by atoms with Crippen LogP contribution >= 0.6 is 11.3 Å². The van der Waals surface area contributed by atoms with Crippen LogP contribution in [0.2, 0.25) is 0 Å². The first kappa shape index (κ1) is 18.4. The minimum atomic E-state index is -4.42. The van der Waals surface area contributed by atoms with E-state index >= 15 is 0 Å². The Hall–Kier alpha value is -1.97. The first-order valence-electron chi connectivity index (χ1n) is 6.99. The highest BCUT2D eigenvalue weighted by Gasteiger charge is 2.43. The zero-order chi connectivity index (χ0) is 17.7. The first-order valence-corrected chi connectivity index (χ1v) is 7.87. The van der Waals surface area contributed by atoms with E-state index in [1.165, 1.54) is 17.5 Å². The molecule has 1 aromatic rings. The molecule has 1 aromatic heterocycles. The van der Waals surface area contributed by atoms with Gasteiger partial charge in [-0.05, 0) is 12.8 Å². The molecule has 2 atom stereocenters. The third-order valence-corrected chi connectivity index (χ3v) is 4.15. The Bertz CT molecular complexity index is 607. The third kappa shape index (κ3) is 4.53. The number of alkyl halides is 4. The Morgan fingerprint density at radius 3 is 2.58 bits per heavy atom. The Kier molecular flexibility index (Phi) is 5.92. The van der Waals surface area contributed by atoms with Crippen LogP contribution in [0.4, 0.5) is 22.7 Å². The van der Waals surface area contributed by atoms with E-state index < -0.39 is 42.7 Å². The van der Waals surface area contributed by atoms with Crippen LogP contribution in [0.1, 0.15) is 12.8 Å². The molecule has 1 aliphatic rings. The van der Waals surface area contributed by atoms with Crippen molar-refractivity contribution in [1.29, 1.82) is 0 Å². The summed E-state index contributed by atoms with van der Waals surface area (Å²) in [6.45, 7) is -1.72. The van der Waals surface area contributed by atoms with Crippen molar-refractivity contribution in [1.82, 2.24) is 4.98 Å². The molecule has 0 aliphatic heterocycles. The molecule has 132 valence electrons. The highest BCUT2D eigenvalue weighted by Crippen LogP contribution is 2.30. The molecule has 1 N–H and O–H groups in total. The summed E-state index contributed by atoms with van der Waals surface area (Å²) in [5.74, 6) is -7.87. The summed E-state index contributed by atoms with van der Waals surface area (Å²) in [6.07, 6.45) is 1.17. The van der Waals surface area contributed by atoms with Gasteiger partial charge in [0.2, 0.25) is 5.91 Å². The van der Waals surface area contributed by atoms with Gasteiger partial charge in [0.25, 0.3) is 0 Å². The highest BCUT2D eigenvalue weighted by atomic mass is 32.1. The summed E-state index contributed by atoms with van der Waals surface area (Å²) in [5.41, 5.74) is 0. The fourth-order valence-corrected chi connectivity index (χ4v) is 2.72. The number of nitrogens with zero attached hydrogens (tertiary/aromatic N) is 1. The van der Waals surface area contributed by atoms with Gasteiger partial charge in [0.05, 0.1) is 11.8 Å². The lowest BCUT2D eigenvalue weighted by Crippen LogP contribution is -2.39. The Balaban J connectivity index is 1.99. The second kappa shape index (κ2) is 7.73. The number of anilines is 1. The lowest BCUT2D eigenvalue weighted by atomic mass is 9.82. The van der Waals surface area contributed by atoms with Crippen molar-refractivity contribution in [2.45, 2.75) is 25.2 Å². The minimum absolute atomic E-state index is 0.106. The Morgan fingerprint density at radius 2 is 2.00 bits per heavy atom. The van der Waals surface area contributed by atoms with Gasteiger partial charge in [0, 0.05) is 11.6 Å². The molecule has 10 heteroatoms. The lowest BCUT2D eigenvalue weighted by molar-refractivity contribution is -0.184. The second-order valence-electron chi connectivity index (χ2n) is 5.15. The number of thiazole rings is 1. The number of aromatic nitrogens is 1. The number of hydrogen-bond acceptors (Lipinski definition) is 5. The SMILES string of the molecule is O=C(Nc1nccs1)[C@H]1CC=CC[C@@H]1C(=O)OCC(F)(F)C(F)F. The molecule has 0 radical (unpaired) electrons. The summed E-state index contributed by atoms with van der Waals surface area (Å²) in [4.78, 5) is 28.1. The number of halogens is 4. The van der Waals surface area contributed by atoms with E-state index in [9.17, 15) is 27.2 Å². The smallest absolute Gasteiger partial charge is 0.340 e. The molecule has 0 fully saturated rings. The van der Waals surface area contributed by atoms with Gasteiger partial charge in [-0.2, -0.15) is 8.78 Å². The topological polar surface area (TPSA) is 68.3 Å². The molecule has 0 bridgehead atoms. The van der Waals surface area contributed by atoms with Crippen LogP contribution in [0.25, 0.3) is 0 Å². The molecule has 0 saturated heterocycles. The molecule has 0 aromatic carbocycles.